The van der Waals surface area contributed by atoms with Crippen LogP contribution in [0.4, 0.5) is 14.5 Å². The van der Waals surface area contributed by atoms with Crippen molar-refractivity contribution in [1.29, 1.82) is 0 Å². The zero-order valence-electron chi connectivity index (χ0n) is 8.17. The van der Waals surface area contributed by atoms with Crippen molar-refractivity contribution in [2.75, 3.05) is 6.54 Å². The molecule has 2 N–H and O–H groups in total. The molecule has 0 aliphatic rings. The Kier molecular flexibility index (Phi) is 3.91. The number of hydrogen-bond donors (Lipinski definition) is 1. The molecule has 0 fully saturated rings. The number of hydrogen-bond acceptors (Lipinski definition) is 3. The molecule has 0 spiro atoms. The molecule has 0 bridgehead atoms. The van der Waals surface area contributed by atoms with Gasteiger partial charge in [-0.25, -0.2) is 8.78 Å². The molecule has 0 aliphatic heterocycles. The van der Waals surface area contributed by atoms with Crippen molar-refractivity contribution in [2.24, 2.45) is 5.73 Å². The summed E-state index contributed by atoms with van der Waals surface area (Å²) in [6.45, 7) is 0.296. The first-order valence-corrected chi connectivity index (χ1v) is 4.38. The highest BCUT2D eigenvalue weighted by molar-refractivity contribution is 5.51. The Labute approximate surface area is 90.2 Å². The Balaban J connectivity index is 3.21. The van der Waals surface area contributed by atoms with Crippen molar-refractivity contribution in [2.45, 2.75) is 6.42 Å². The van der Waals surface area contributed by atoms with Gasteiger partial charge in [0.05, 0.1) is 11.0 Å². The van der Waals surface area contributed by atoms with Gasteiger partial charge in [-0.15, -0.1) is 0 Å². The highest BCUT2D eigenvalue weighted by atomic mass is 19.2. The minimum atomic E-state index is -1.27. The summed E-state index contributed by atoms with van der Waals surface area (Å²) in [4.78, 5) is 9.73. The van der Waals surface area contributed by atoms with Gasteiger partial charge in [-0.1, -0.05) is 11.8 Å². The minimum Gasteiger partial charge on any atom is -0.330 e. The van der Waals surface area contributed by atoms with Gasteiger partial charge in [0, 0.05) is 13.0 Å². The Bertz CT molecular complexity index is 478. The van der Waals surface area contributed by atoms with Gasteiger partial charge < -0.3 is 5.73 Å². The molecule has 1 aromatic carbocycles. The number of nitro groups is 1. The molecule has 0 aliphatic carbocycles. The second kappa shape index (κ2) is 5.19. The van der Waals surface area contributed by atoms with E-state index in [1.807, 2.05) is 0 Å². The predicted octanol–water partition coefficient (Wildman–Crippen LogP) is 1.57. The normalized spacial score (nSPS) is 9.44. The first kappa shape index (κ1) is 12.1. The summed E-state index contributed by atoms with van der Waals surface area (Å²) in [5.41, 5.74) is 4.47. The minimum absolute atomic E-state index is 0.155. The van der Waals surface area contributed by atoms with E-state index < -0.39 is 22.2 Å². The van der Waals surface area contributed by atoms with Crippen LogP contribution in [-0.4, -0.2) is 11.5 Å². The highest BCUT2D eigenvalue weighted by Gasteiger charge is 2.16. The van der Waals surface area contributed by atoms with E-state index in [1.165, 1.54) is 0 Å². The van der Waals surface area contributed by atoms with Crippen LogP contribution in [0, 0.1) is 33.6 Å². The number of nitrogens with two attached hydrogens (primary N) is 1. The molecule has 16 heavy (non-hydrogen) atoms. The average Bonchev–Trinajstić information content (AvgIpc) is 2.23. The molecule has 0 amide bonds. The van der Waals surface area contributed by atoms with Crippen LogP contribution in [-0.2, 0) is 0 Å². The van der Waals surface area contributed by atoms with E-state index in [9.17, 15) is 18.9 Å². The third kappa shape index (κ3) is 2.74. The van der Waals surface area contributed by atoms with Crippen LogP contribution >= 0.6 is 0 Å². The number of rotatable bonds is 2. The number of benzene rings is 1. The van der Waals surface area contributed by atoms with Crippen LogP contribution in [0.15, 0.2) is 12.1 Å². The van der Waals surface area contributed by atoms with Gasteiger partial charge in [-0.05, 0) is 6.07 Å². The molecule has 1 aromatic rings. The van der Waals surface area contributed by atoms with Crippen LogP contribution in [0.5, 0.6) is 0 Å². The number of halogens is 2. The predicted molar refractivity (Wildman–Crippen MR) is 53.6 cm³/mol. The lowest BCUT2D eigenvalue weighted by Gasteiger charge is -1.97. The molecular formula is C10H8F2N2O2. The quantitative estimate of drug-likeness (QED) is 0.472. The number of nitrogens with zero attached hydrogens (tertiary/aromatic N) is 1. The topological polar surface area (TPSA) is 69.2 Å². The molecule has 0 saturated heterocycles. The van der Waals surface area contributed by atoms with Crippen LogP contribution in [0.1, 0.15) is 12.0 Å². The first-order valence-electron chi connectivity index (χ1n) is 4.38. The SMILES string of the molecule is NCCC#Cc1cc(F)c(F)cc1[N+](=O)[O-]. The van der Waals surface area contributed by atoms with Crippen LogP contribution in [0.25, 0.3) is 0 Å². The fraction of sp³-hybridized carbons (Fsp3) is 0.200. The Morgan fingerprint density at radius 3 is 2.56 bits per heavy atom. The third-order valence-corrected chi connectivity index (χ3v) is 1.73. The lowest BCUT2D eigenvalue weighted by atomic mass is 10.1. The molecule has 0 heterocycles. The molecule has 0 unspecified atom stereocenters. The summed E-state index contributed by atoms with van der Waals surface area (Å²) in [7, 11) is 0. The maximum Gasteiger partial charge on any atom is 0.288 e. The monoisotopic (exact) mass is 226 g/mol. The molecule has 0 aromatic heterocycles. The Morgan fingerprint density at radius 2 is 2.00 bits per heavy atom. The van der Waals surface area contributed by atoms with Gasteiger partial charge in [0.2, 0.25) is 0 Å². The van der Waals surface area contributed by atoms with Gasteiger partial charge in [-0.2, -0.15) is 0 Å². The van der Waals surface area contributed by atoms with Gasteiger partial charge in [0.15, 0.2) is 11.6 Å². The third-order valence-electron chi connectivity index (χ3n) is 1.73. The van der Waals surface area contributed by atoms with E-state index in [4.69, 9.17) is 5.73 Å². The van der Waals surface area contributed by atoms with Crippen molar-refractivity contribution < 1.29 is 13.7 Å². The largest absolute Gasteiger partial charge is 0.330 e. The molecule has 0 saturated carbocycles. The summed E-state index contributed by atoms with van der Waals surface area (Å²) in [5, 5.41) is 10.5. The van der Waals surface area contributed by atoms with E-state index in [1.54, 1.807) is 0 Å². The first-order chi connectivity index (χ1) is 7.56. The second-order valence-corrected chi connectivity index (χ2v) is 2.88. The van der Waals surface area contributed by atoms with Crippen LogP contribution in [0.2, 0.25) is 0 Å². The average molecular weight is 226 g/mol. The van der Waals surface area contributed by atoms with E-state index in [0.29, 0.717) is 25.1 Å². The highest BCUT2D eigenvalue weighted by Crippen LogP contribution is 2.21. The molecule has 4 nitrogen and oxygen atoms in total. The van der Waals surface area contributed by atoms with Crippen molar-refractivity contribution in [3.8, 4) is 11.8 Å². The lowest BCUT2D eigenvalue weighted by Crippen LogP contribution is -1.97. The Hall–Kier alpha value is -2.00. The molecule has 0 radical (unpaired) electrons. The summed E-state index contributed by atoms with van der Waals surface area (Å²) in [5.74, 6) is 2.48. The van der Waals surface area contributed by atoms with Gasteiger partial charge >= 0.3 is 0 Å². The summed E-state index contributed by atoms with van der Waals surface area (Å²) in [6.07, 6.45) is 0.330. The molecule has 1 rings (SSSR count). The number of nitro benzene ring substituents is 1. The van der Waals surface area contributed by atoms with Crippen molar-refractivity contribution in [1.82, 2.24) is 0 Å². The summed E-state index contributed by atoms with van der Waals surface area (Å²) < 4.78 is 25.6. The Morgan fingerprint density at radius 1 is 1.38 bits per heavy atom. The van der Waals surface area contributed by atoms with E-state index in [0.717, 1.165) is 0 Å². The smallest absolute Gasteiger partial charge is 0.288 e. The van der Waals surface area contributed by atoms with E-state index in [2.05, 4.69) is 11.8 Å². The summed E-state index contributed by atoms with van der Waals surface area (Å²) >= 11 is 0. The zero-order valence-corrected chi connectivity index (χ0v) is 8.17. The maximum atomic E-state index is 12.8. The van der Waals surface area contributed by atoms with E-state index >= 15 is 0 Å². The molecule has 0 atom stereocenters. The standard InChI is InChI=1S/C10H8F2N2O2/c11-8-5-7(3-1-2-4-13)10(14(15)16)6-9(8)12/h5-6H,2,4,13H2. The van der Waals surface area contributed by atoms with E-state index in [-0.39, 0.29) is 5.56 Å². The molecule has 84 valence electrons. The van der Waals surface area contributed by atoms with Gasteiger partial charge in [0.1, 0.15) is 5.56 Å². The fourth-order valence-electron chi connectivity index (χ4n) is 1.02. The van der Waals surface area contributed by atoms with Gasteiger partial charge in [-0.3, -0.25) is 10.1 Å². The molecule has 6 heteroatoms. The van der Waals surface area contributed by atoms with Crippen molar-refractivity contribution in [3.63, 3.8) is 0 Å². The van der Waals surface area contributed by atoms with Crippen molar-refractivity contribution >= 4 is 5.69 Å². The fourth-order valence-corrected chi connectivity index (χ4v) is 1.02. The van der Waals surface area contributed by atoms with Crippen LogP contribution < -0.4 is 5.73 Å². The second-order valence-electron chi connectivity index (χ2n) is 2.88. The van der Waals surface area contributed by atoms with Gasteiger partial charge in [0.25, 0.3) is 5.69 Å². The maximum absolute atomic E-state index is 12.8. The molecular weight excluding hydrogens is 218 g/mol. The lowest BCUT2D eigenvalue weighted by molar-refractivity contribution is -0.385. The van der Waals surface area contributed by atoms with Crippen molar-refractivity contribution in [3.05, 3.63) is 39.4 Å². The zero-order chi connectivity index (χ0) is 12.1. The van der Waals surface area contributed by atoms with Crippen LogP contribution in [0.3, 0.4) is 0 Å². The summed E-state index contributed by atoms with van der Waals surface area (Å²) in [6, 6.07) is 1.22.